The summed E-state index contributed by atoms with van der Waals surface area (Å²) < 4.78 is 15.8. The number of hydrogen-bond acceptors (Lipinski definition) is 5. The lowest BCUT2D eigenvalue weighted by Crippen LogP contribution is -2.50. The monoisotopic (exact) mass is 322 g/mol. The zero-order valence-electron chi connectivity index (χ0n) is 13.4. The van der Waals surface area contributed by atoms with E-state index in [4.69, 9.17) is 19.9 Å². The van der Waals surface area contributed by atoms with E-state index in [0.29, 0.717) is 31.3 Å². The van der Waals surface area contributed by atoms with Gasteiger partial charge in [-0.1, -0.05) is 0 Å². The standard InChI is InChI=1S/C16H22N2O5/c1-21-13-3-4-14(22-2)11(7-13)8-16(20)18-5-6-23-10-12(18)9-15(17)19/h3-4,7,12H,5-6,8-10H2,1-2H3,(H2,17,19). The minimum Gasteiger partial charge on any atom is -0.497 e. The molecule has 2 amide bonds. The van der Waals surface area contributed by atoms with Crippen molar-refractivity contribution in [3.63, 3.8) is 0 Å². The van der Waals surface area contributed by atoms with Gasteiger partial charge < -0.3 is 24.8 Å². The van der Waals surface area contributed by atoms with Crippen LogP contribution in [0.2, 0.25) is 0 Å². The molecule has 1 fully saturated rings. The molecule has 1 heterocycles. The normalized spacial score (nSPS) is 17.7. The van der Waals surface area contributed by atoms with Gasteiger partial charge in [-0.2, -0.15) is 0 Å². The van der Waals surface area contributed by atoms with Crippen LogP contribution in [-0.2, 0) is 20.7 Å². The van der Waals surface area contributed by atoms with Gasteiger partial charge in [0, 0.05) is 18.5 Å². The van der Waals surface area contributed by atoms with E-state index >= 15 is 0 Å². The molecule has 126 valence electrons. The van der Waals surface area contributed by atoms with Gasteiger partial charge in [-0.25, -0.2) is 0 Å². The third-order valence-electron chi connectivity index (χ3n) is 3.81. The first-order chi connectivity index (χ1) is 11.0. The van der Waals surface area contributed by atoms with Crippen LogP contribution in [0, 0.1) is 0 Å². The van der Waals surface area contributed by atoms with Crippen molar-refractivity contribution in [1.29, 1.82) is 0 Å². The van der Waals surface area contributed by atoms with Crippen LogP contribution >= 0.6 is 0 Å². The number of rotatable bonds is 6. The molecule has 1 aliphatic rings. The molecular formula is C16H22N2O5. The molecule has 0 radical (unpaired) electrons. The number of hydrogen-bond donors (Lipinski definition) is 1. The van der Waals surface area contributed by atoms with Crippen LogP contribution in [0.5, 0.6) is 11.5 Å². The smallest absolute Gasteiger partial charge is 0.227 e. The molecule has 2 N–H and O–H groups in total. The van der Waals surface area contributed by atoms with E-state index in [1.165, 1.54) is 0 Å². The number of carbonyl (C=O) groups excluding carboxylic acids is 2. The van der Waals surface area contributed by atoms with Gasteiger partial charge in [0.25, 0.3) is 0 Å². The van der Waals surface area contributed by atoms with E-state index in [9.17, 15) is 9.59 Å². The Bertz CT molecular complexity index is 576. The van der Waals surface area contributed by atoms with Crippen molar-refractivity contribution in [3.8, 4) is 11.5 Å². The molecule has 0 bridgehead atoms. The second-order valence-electron chi connectivity index (χ2n) is 5.34. The Labute approximate surface area is 135 Å². The Balaban J connectivity index is 2.14. The number of methoxy groups -OCH3 is 2. The average molecular weight is 322 g/mol. The maximum Gasteiger partial charge on any atom is 0.227 e. The highest BCUT2D eigenvalue weighted by Gasteiger charge is 2.29. The van der Waals surface area contributed by atoms with E-state index in [-0.39, 0.29) is 24.8 Å². The van der Waals surface area contributed by atoms with E-state index in [0.717, 1.165) is 5.56 Å². The molecule has 0 saturated carbocycles. The first kappa shape index (κ1) is 17.1. The lowest BCUT2D eigenvalue weighted by atomic mass is 10.1. The van der Waals surface area contributed by atoms with E-state index in [1.807, 2.05) is 0 Å². The first-order valence-corrected chi connectivity index (χ1v) is 7.41. The Kier molecular flexibility index (Phi) is 5.81. The molecule has 1 unspecified atom stereocenters. The molecular weight excluding hydrogens is 300 g/mol. The topological polar surface area (TPSA) is 91.1 Å². The number of amides is 2. The van der Waals surface area contributed by atoms with Gasteiger partial charge in [0.1, 0.15) is 11.5 Å². The molecule has 1 aliphatic heterocycles. The number of ether oxygens (including phenoxy) is 3. The predicted molar refractivity (Wildman–Crippen MR) is 83.4 cm³/mol. The number of morpholine rings is 1. The predicted octanol–water partition coefficient (Wildman–Crippen LogP) is 0.349. The molecule has 23 heavy (non-hydrogen) atoms. The Morgan fingerprint density at radius 2 is 2.13 bits per heavy atom. The third kappa shape index (κ3) is 4.35. The van der Waals surface area contributed by atoms with Crippen molar-refractivity contribution < 1.29 is 23.8 Å². The fraction of sp³-hybridized carbons (Fsp3) is 0.500. The number of primary amides is 1. The van der Waals surface area contributed by atoms with Gasteiger partial charge in [-0.15, -0.1) is 0 Å². The summed E-state index contributed by atoms with van der Waals surface area (Å²) in [5.41, 5.74) is 5.99. The van der Waals surface area contributed by atoms with Crippen LogP contribution in [0.4, 0.5) is 0 Å². The summed E-state index contributed by atoms with van der Waals surface area (Å²) in [7, 11) is 3.12. The minimum atomic E-state index is -0.447. The zero-order chi connectivity index (χ0) is 16.8. The van der Waals surface area contributed by atoms with Crippen molar-refractivity contribution in [2.24, 2.45) is 5.73 Å². The number of carbonyl (C=O) groups is 2. The highest BCUT2D eigenvalue weighted by atomic mass is 16.5. The molecule has 2 rings (SSSR count). The van der Waals surface area contributed by atoms with Gasteiger partial charge in [0.2, 0.25) is 11.8 Å². The number of nitrogens with zero attached hydrogens (tertiary/aromatic N) is 1. The summed E-state index contributed by atoms with van der Waals surface area (Å²) >= 11 is 0. The molecule has 0 aromatic heterocycles. The molecule has 1 aromatic rings. The summed E-state index contributed by atoms with van der Waals surface area (Å²) in [5.74, 6) is 0.742. The van der Waals surface area contributed by atoms with Crippen LogP contribution in [0.3, 0.4) is 0 Å². The van der Waals surface area contributed by atoms with Crippen LogP contribution in [0.25, 0.3) is 0 Å². The molecule has 1 saturated heterocycles. The lowest BCUT2D eigenvalue weighted by molar-refractivity contribution is -0.140. The summed E-state index contributed by atoms with van der Waals surface area (Å²) in [6, 6.07) is 5.00. The second kappa shape index (κ2) is 7.82. The van der Waals surface area contributed by atoms with Gasteiger partial charge in [-0.3, -0.25) is 9.59 Å². The fourth-order valence-corrected chi connectivity index (χ4v) is 2.67. The molecule has 1 aromatic carbocycles. The third-order valence-corrected chi connectivity index (χ3v) is 3.81. The highest BCUT2D eigenvalue weighted by molar-refractivity contribution is 5.81. The molecule has 7 heteroatoms. The van der Waals surface area contributed by atoms with Gasteiger partial charge in [0.05, 0.1) is 39.9 Å². The van der Waals surface area contributed by atoms with Crippen LogP contribution in [0.1, 0.15) is 12.0 Å². The Morgan fingerprint density at radius 1 is 1.35 bits per heavy atom. The summed E-state index contributed by atoms with van der Waals surface area (Å²) in [5, 5.41) is 0. The first-order valence-electron chi connectivity index (χ1n) is 7.41. The van der Waals surface area contributed by atoms with Crippen molar-refractivity contribution in [2.75, 3.05) is 34.0 Å². The van der Waals surface area contributed by atoms with E-state index < -0.39 is 5.91 Å². The van der Waals surface area contributed by atoms with E-state index in [1.54, 1.807) is 37.3 Å². The Hall–Kier alpha value is -2.28. The molecule has 0 spiro atoms. The summed E-state index contributed by atoms with van der Waals surface area (Å²) in [4.78, 5) is 25.5. The van der Waals surface area contributed by atoms with Crippen LogP contribution in [0.15, 0.2) is 18.2 Å². The second-order valence-corrected chi connectivity index (χ2v) is 5.34. The average Bonchev–Trinajstić information content (AvgIpc) is 2.54. The molecule has 7 nitrogen and oxygen atoms in total. The number of benzene rings is 1. The fourth-order valence-electron chi connectivity index (χ4n) is 2.67. The maximum absolute atomic E-state index is 12.6. The molecule has 1 atom stereocenters. The van der Waals surface area contributed by atoms with Gasteiger partial charge in [-0.05, 0) is 18.2 Å². The van der Waals surface area contributed by atoms with Crippen LogP contribution in [-0.4, -0.2) is 56.7 Å². The SMILES string of the molecule is COc1ccc(OC)c(CC(=O)N2CCOCC2CC(N)=O)c1. The van der Waals surface area contributed by atoms with Crippen molar-refractivity contribution >= 4 is 11.8 Å². The zero-order valence-corrected chi connectivity index (χ0v) is 13.4. The highest BCUT2D eigenvalue weighted by Crippen LogP contribution is 2.25. The Morgan fingerprint density at radius 3 is 2.78 bits per heavy atom. The molecule has 0 aliphatic carbocycles. The van der Waals surface area contributed by atoms with Crippen molar-refractivity contribution in [1.82, 2.24) is 4.90 Å². The largest absolute Gasteiger partial charge is 0.497 e. The quantitative estimate of drug-likeness (QED) is 0.816. The van der Waals surface area contributed by atoms with Crippen LogP contribution < -0.4 is 15.2 Å². The minimum absolute atomic E-state index is 0.0916. The van der Waals surface area contributed by atoms with Gasteiger partial charge >= 0.3 is 0 Å². The summed E-state index contributed by atoms with van der Waals surface area (Å²) in [6.45, 7) is 1.23. The summed E-state index contributed by atoms with van der Waals surface area (Å²) in [6.07, 6.45) is 0.261. The van der Waals surface area contributed by atoms with Gasteiger partial charge in [0.15, 0.2) is 0 Å². The number of nitrogens with two attached hydrogens (primary N) is 1. The van der Waals surface area contributed by atoms with Crippen molar-refractivity contribution in [3.05, 3.63) is 23.8 Å². The van der Waals surface area contributed by atoms with E-state index in [2.05, 4.69) is 0 Å². The maximum atomic E-state index is 12.6. The van der Waals surface area contributed by atoms with Crippen molar-refractivity contribution in [2.45, 2.75) is 18.9 Å². The lowest BCUT2D eigenvalue weighted by Gasteiger charge is -2.35.